The van der Waals surface area contributed by atoms with Crippen molar-refractivity contribution in [3.05, 3.63) is 89.7 Å². The number of nitrogens with one attached hydrogen (secondary N) is 2. The zero-order chi connectivity index (χ0) is 24.2. The number of fused-ring (bicyclic) bond motifs is 1. The van der Waals surface area contributed by atoms with E-state index in [-0.39, 0.29) is 30.9 Å². The molecule has 0 aliphatic carbocycles. The summed E-state index contributed by atoms with van der Waals surface area (Å²) < 4.78 is 24.8. The fourth-order valence-electron chi connectivity index (χ4n) is 4.56. The Labute approximate surface area is 202 Å². The number of amides is 3. The molecule has 2 N–H and O–H groups in total. The Kier molecular flexibility index (Phi) is 6.52. The average molecular weight is 476 g/mol. The topological polar surface area (TPSA) is 79.9 Å². The molecule has 8 heteroatoms. The van der Waals surface area contributed by atoms with E-state index in [0.29, 0.717) is 31.0 Å². The standard InChI is InChI=1S/C27H26FN3O4/c28-22-8-4-5-9-23(22)30-27(33)31-15-20(19-6-2-1-3-7-19)13-21(16-31)26(32)29-14-18-10-11-24-25(12-18)35-17-34-24/h1-12,20-21H,13-17H2,(H,29,32)(H,30,33). The molecule has 7 nitrogen and oxygen atoms in total. The Hall–Kier alpha value is -4.07. The zero-order valence-corrected chi connectivity index (χ0v) is 19.1. The Bertz CT molecular complexity index is 1220. The predicted molar refractivity (Wildman–Crippen MR) is 129 cm³/mol. The van der Waals surface area contributed by atoms with Gasteiger partial charge in [-0.2, -0.15) is 0 Å². The molecule has 0 spiro atoms. The fraction of sp³-hybridized carbons (Fsp3) is 0.259. The van der Waals surface area contributed by atoms with Crippen LogP contribution in [0.5, 0.6) is 11.5 Å². The molecule has 5 rings (SSSR count). The Morgan fingerprint density at radius 2 is 1.71 bits per heavy atom. The number of hydrogen-bond donors (Lipinski definition) is 2. The van der Waals surface area contributed by atoms with Crippen molar-refractivity contribution in [1.82, 2.24) is 10.2 Å². The van der Waals surface area contributed by atoms with Crippen molar-refractivity contribution in [1.29, 1.82) is 0 Å². The van der Waals surface area contributed by atoms with Gasteiger partial charge in [0.05, 0.1) is 11.6 Å². The van der Waals surface area contributed by atoms with Crippen LogP contribution in [0.15, 0.2) is 72.8 Å². The largest absolute Gasteiger partial charge is 0.454 e. The summed E-state index contributed by atoms with van der Waals surface area (Å²) in [6, 6.07) is 21.0. The highest BCUT2D eigenvalue weighted by atomic mass is 19.1. The second kappa shape index (κ2) is 10.0. The maximum atomic E-state index is 14.1. The lowest BCUT2D eigenvalue weighted by Crippen LogP contribution is -2.49. The van der Waals surface area contributed by atoms with E-state index >= 15 is 0 Å². The Balaban J connectivity index is 1.29. The third-order valence-electron chi connectivity index (χ3n) is 6.40. The number of ether oxygens (including phenoxy) is 2. The molecule has 0 aromatic heterocycles. The van der Waals surface area contributed by atoms with Crippen LogP contribution in [0, 0.1) is 11.7 Å². The summed E-state index contributed by atoms with van der Waals surface area (Å²) in [5.41, 5.74) is 2.07. The van der Waals surface area contributed by atoms with E-state index in [1.54, 1.807) is 17.0 Å². The van der Waals surface area contributed by atoms with Crippen LogP contribution >= 0.6 is 0 Å². The highest BCUT2D eigenvalue weighted by Gasteiger charge is 2.34. The van der Waals surface area contributed by atoms with E-state index in [0.717, 1.165) is 11.1 Å². The van der Waals surface area contributed by atoms with Crippen LogP contribution in [0.1, 0.15) is 23.5 Å². The third-order valence-corrected chi connectivity index (χ3v) is 6.40. The molecule has 3 aromatic rings. The summed E-state index contributed by atoms with van der Waals surface area (Å²) in [5, 5.41) is 5.64. The smallest absolute Gasteiger partial charge is 0.321 e. The number of hydrogen-bond acceptors (Lipinski definition) is 4. The van der Waals surface area contributed by atoms with Gasteiger partial charge < -0.3 is 25.0 Å². The van der Waals surface area contributed by atoms with Crippen molar-refractivity contribution in [3.63, 3.8) is 0 Å². The van der Waals surface area contributed by atoms with E-state index in [1.807, 2.05) is 48.5 Å². The number of likely N-dealkylation sites (tertiary alicyclic amines) is 1. The number of urea groups is 1. The van der Waals surface area contributed by atoms with Gasteiger partial charge in [0, 0.05) is 25.6 Å². The van der Waals surface area contributed by atoms with Crippen LogP contribution < -0.4 is 20.1 Å². The number of para-hydroxylation sites is 1. The van der Waals surface area contributed by atoms with Gasteiger partial charge >= 0.3 is 6.03 Å². The molecule has 3 aromatic carbocycles. The molecule has 1 fully saturated rings. The molecule has 2 aliphatic rings. The molecule has 2 aliphatic heterocycles. The summed E-state index contributed by atoms with van der Waals surface area (Å²) in [6.07, 6.45) is 0.612. The van der Waals surface area contributed by atoms with Gasteiger partial charge in [0.15, 0.2) is 11.5 Å². The van der Waals surface area contributed by atoms with E-state index in [4.69, 9.17) is 9.47 Å². The van der Waals surface area contributed by atoms with Gasteiger partial charge in [-0.25, -0.2) is 9.18 Å². The maximum absolute atomic E-state index is 14.1. The molecule has 2 unspecified atom stereocenters. The summed E-state index contributed by atoms with van der Waals surface area (Å²) >= 11 is 0. The minimum absolute atomic E-state index is 0.0161. The van der Waals surface area contributed by atoms with Crippen LogP contribution in [0.2, 0.25) is 0 Å². The highest BCUT2D eigenvalue weighted by molar-refractivity contribution is 5.90. The number of rotatable bonds is 5. The van der Waals surface area contributed by atoms with Gasteiger partial charge in [-0.3, -0.25) is 4.79 Å². The SMILES string of the molecule is O=C(NCc1ccc2c(c1)OCO2)C1CC(c2ccccc2)CN(C(=O)Nc2ccccc2F)C1. The lowest BCUT2D eigenvalue weighted by atomic mass is 9.84. The minimum Gasteiger partial charge on any atom is -0.454 e. The maximum Gasteiger partial charge on any atom is 0.321 e. The van der Waals surface area contributed by atoms with Crippen molar-refractivity contribution < 1.29 is 23.5 Å². The number of nitrogens with zero attached hydrogens (tertiary/aromatic N) is 1. The van der Waals surface area contributed by atoms with Gasteiger partial charge in [-0.15, -0.1) is 0 Å². The molecule has 0 radical (unpaired) electrons. The van der Waals surface area contributed by atoms with Crippen LogP contribution in [0.4, 0.5) is 14.9 Å². The summed E-state index contributed by atoms with van der Waals surface area (Å²) in [4.78, 5) is 27.8. The fourth-order valence-corrected chi connectivity index (χ4v) is 4.56. The Morgan fingerprint density at radius 3 is 2.54 bits per heavy atom. The molecule has 0 saturated carbocycles. The molecular weight excluding hydrogens is 449 g/mol. The van der Waals surface area contributed by atoms with Crippen LogP contribution in [-0.4, -0.2) is 36.7 Å². The molecule has 180 valence electrons. The molecule has 3 amide bonds. The normalized spacial score (nSPS) is 18.7. The van der Waals surface area contributed by atoms with Crippen LogP contribution in [-0.2, 0) is 11.3 Å². The van der Waals surface area contributed by atoms with Gasteiger partial charge in [-0.1, -0.05) is 48.5 Å². The number of anilines is 1. The first-order valence-corrected chi connectivity index (χ1v) is 11.6. The summed E-state index contributed by atoms with van der Waals surface area (Å²) in [7, 11) is 0. The lowest BCUT2D eigenvalue weighted by Gasteiger charge is -2.37. The quantitative estimate of drug-likeness (QED) is 0.569. The first-order chi connectivity index (χ1) is 17.1. The van der Waals surface area contributed by atoms with E-state index in [9.17, 15) is 14.0 Å². The Morgan fingerprint density at radius 1 is 0.943 bits per heavy atom. The van der Waals surface area contributed by atoms with Gasteiger partial charge in [0.2, 0.25) is 12.7 Å². The molecule has 1 saturated heterocycles. The van der Waals surface area contributed by atoms with Crippen LogP contribution in [0.3, 0.4) is 0 Å². The second-order valence-electron chi connectivity index (χ2n) is 8.76. The first kappa shape index (κ1) is 22.7. The molecule has 2 heterocycles. The lowest BCUT2D eigenvalue weighted by molar-refractivity contribution is -0.126. The number of carbonyl (C=O) groups excluding carboxylic acids is 2. The van der Waals surface area contributed by atoms with Crippen molar-refractivity contribution in [2.75, 3.05) is 25.2 Å². The molecular formula is C27H26FN3O4. The molecule has 2 atom stereocenters. The van der Waals surface area contributed by atoms with Crippen molar-refractivity contribution >= 4 is 17.6 Å². The zero-order valence-electron chi connectivity index (χ0n) is 19.1. The van der Waals surface area contributed by atoms with E-state index in [1.165, 1.54) is 12.1 Å². The van der Waals surface area contributed by atoms with Gasteiger partial charge in [0.1, 0.15) is 5.82 Å². The van der Waals surface area contributed by atoms with Crippen molar-refractivity contribution in [2.45, 2.75) is 18.9 Å². The first-order valence-electron chi connectivity index (χ1n) is 11.6. The van der Waals surface area contributed by atoms with Gasteiger partial charge in [0.25, 0.3) is 0 Å². The van der Waals surface area contributed by atoms with Crippen LogP contribution in [0.25, 0.3) is 0 Å². The monoisotopic (exact) mass is 475 g/mol. The van der Waals surface area contributed by atoms with E-state index in [2.05, 4.69) is 10.6 Å². The summed E-state index contributed by atoms with van der Waals surface area (Å²) in [5.74, 6) is 0.290. The predicted octanol–water partition coefficient (Wildman–Crippen LogP) is 4.51. The number of benzene rings is 3. The minimum atomic E-state index is -0.504. The van der Waals surface area contributed by atoms with E-state index < -0.39 is 17.8 Å². The number of halogens is 1. The van der Waals surface area contributed by atoms with Gasteiger partial charge in [-0.05, 0) is 41.8 Å². The van der Waals surface area contributed by atoms with Crippen molar-refractivity contribution in [3.8, 4) is 11.5 Å². The summed E-state index contributed by atoms with van der Waals surface area (Å²) in [6.45, 7) is 1.22. The molecule has 35 heavy (non-hydrogen) atoms. The van der Waals surface area contributed by atoms with Crippen molar-refractivity contribution in [2.24, 2.45) is 5.92 Å². The third kappa shape index (κ3) is 5.21. The molecule has 0 bridgehead atoms. The highest BCUT2D eigenvalue weighted by Crippen LogP contribution is 2.33. The number of piperidine rings is 1. The number of carbonyl (C=O) groups is 2. The second-order valence-corrected chi connectivity index (χ2v) is 8.76. The average Bonchev–Trinajstić information content (AvgIpc) is 3.37.